The zero-order valence-corrected chi connectivity index (χ0v) is 37.8. The number of nitrogens with zero attached hydrogens (tertiary/aromatic N) is 3. The average molecular weight is 981 g/mol. The van der Waals surface area contributed by atoms with Crippen LogP contribution in [-0.4, -0.2) is 235 Å². The summed E-state index contributed by atoms with van der Waals surface area (Å²) in [5, 5.41) is 106. The Morgan fingerprint density at radius 3 is 2.04 bits per heavy atom. The molecule has 67 heavy (non-hydrogen) atoms. The molecule has 0 radical (unpaired) electrons. The highest BCUT2D eigenvalue weighted by molar-refractivity contribution is 8.15. The van der Waals surface area contributed by atoms with Gasteiger partial charge in [-0.3, -0.25) is 47.3 Å². The number of aromatic hydroxyl groups is 1. The van der Waals surface area contributed by atoms with Gasteiger partial charge in [-0.15, -0.1) is 0 Å². The number of β-amino-alcohol motifs (C(OH)–C–C–N with tert-alkyl or cyclic N) is 1. The number of amides is 6. The summed E-state index contributed by atoms with van der Waals surface area (Å²) in [7, 11) is 1.48. The Labute approximate surface area is 386 Å². The summed E-state index contributed by atoms with van der Waals surface area (Å²) in [5.74, 6) is -9.09. The van der Waals surface area contributed by atoms with Gasteiger partial charge in [0.1, 0.15) is 30.2 Å². The highest BCUT2D eigenvalue weighted by atomic mass is 32.3. The van der Waals surface area contributed by atoms with Crippen LogP contribution in [0.15, 0.2) is 18.2 Å². The average Bonchev–Trinajstić information content (AvgIpc) is 3.79. The normalized spacial score (nSPS) is 30.4. The quantitative estimate of drug-likeness (QED) is 0.0873. The van der Waals surface area contributed by atoms with Crippen molar-refractivity contribution in [3.05, 3.63) is 23.8 Å². The number of rotatable bonds is 13. The smallest absolute Gasteiger partial charge is 0.266 e. The lowest BCUT2D eigenvalue weighted by molar-refractivity contribution is -0.147. The van der Waals surface area contributed by atoms with E-state index in [4.69, 9.17) is 5.73 Å². The number of likely N-dealkylation sites (N-methyl/N-ethyl adjacent to an activating group) is 1. The minimum absolute atomic E-state index is 0.0350. The van der Waals surface area contributed by atoms with Gasteiger partial charge in [0.2, 0.25) is 35.4 Å². The molecular formula is C39H64N8O19S. The fraction of sp³-hybridized carbons (Fsp3) is 0.692. The van der Waals surface area contributed by atoms with Crippen molar-refractivity contribution in [3.8, 4) is 11.5 Å². The molecule has 4 rings (SSSR count). The van der Waals surface area contributed by atoms with Gasteiger partial charge in [-0.05, 0) is 44.5 Å². The van der Waals surface area contributed by atoms with Crippen molar-refractivity contribution in [2.45, 2.75) is 118 Å². The van der Waals surface area contributed by atoms with E-state index in [9.17, 15) is 88.4 Å². The molecular weight excluding hydrogens is 917 g/mol. The highest BCUT2D eigenvalue weighted by Crippen LogP contribution is 2.40. The number of phenols is 1. The van der Waals surface area contributed by atoms with Crippen molar-refractivity contribution in [1.82, 2.24) is 36.0 Å². The molecule has 3 fully saturated rings. The van der Waals surface area contributed by atoms with Crippen molar-refractivity contribution < 1.29 is 92.6 Å². The van der Waals surface area contributed by atoms with Gasteiger partial charge in [0.05, 0.1) is 61.9 Å². The highest BCUT2D eigenvalue weighted by Gasteiger charge is 2.49. The third-order valence-corrected chi connectivity index (χ3v) is 12.4. The number of nitrogens with one attached hydrogen (secondary N) is 4. The summed E-state index contributed by atoms with van der Waals surface area (Å²) in [6, 6.07) is -8.68. The molecule has 3 aliphatic heterocycles. The predicted octanol–water partition coefficient (Wildman–Crippen LogP) is -6.94. The first-order chi connectivity index (χ1) is 31.3. The van der Waals surface area contributed by atoms with Crippen LogP contribution in [0.2, 0.25) is 0 Å². The van der Waals surface area contributed by atoms with Gasteiger partial charge in [-0.2, -0.15) is 0 Å². The van der Waals surface area contributed by atoms with E-state index in [1.807, 2.05) is 0 Å². The Morgan fingerprint density at radius 1 is 0.821 bits per heavy atom. The second-order valence-corrected chi connectivity index (χ2v) is 18.3. The van der Waals surface area contributed by atoms with Crippen LogP contribution in [0.1, 0.15) is 38.7 Å². The van der Waals surface area contributed by atoms with E-state index in [2.05, 4.69) is 25.5 Å². The number of fused-ring (bicyclic) bond motifs is 2. The number of phenolic OH excluding ortho intramolecular Hbond substituents is 1. The molecule has 0 aliphatic carbocycles. The molecule has 3 heterocycles. The maximum Gasteiger partial charge on any atom is 0.266 e. The summed E-state index contributed by atoms with van der Waals surface area (Å²) < 4.78 is 32.9. The van der Waals surface area contributed by atoms with Crippen LogP contribution in [0.25, 0.3) is 0 Å². The molecule has 3 aliphatic rings. The summed E-state index contributed by atoms with van der Waals surface area (Å²) in [5.41, 5.74) is 6.00. The number of benzene rings is 1. The minimum Gasteiger partial charge on any atom is -0.504 e. The molecule has 18 N–H and O–H groups in total. The topological polar surface area (TPSA) is 438 Å². The van der Waals surface area contributed by atoms with Crippen LogP contribution in [0.3, 0.4) is 0 Å². The lowest BCUT2D eigenvalue weighted by atomic mass is 9.98. The Bertz CT molecular complexity index is 1910. The van der Waals surface area contributed by atoms with Gasteiger partial charge in [0.15, 0.2) is 11.5 Å². The number of carbonyl (C=O) groups excluding carboxylic acids is 6. The molecule has 3 saturated heterocycles. The molecule has 27 nitrogen and oxygen atoms in total. The largest absolute Gasteiger partial charge is 0.504 e. The number of aliphatic hydroxyl groups is 8. The number of hydrogen-bond acceptors (Lipinski definition) is 21. The maximum atomic E-state index is 14.6. The molecule has 0 spiro atoms. The first kappa shape index (κ1) is 55.1. The maximum absolute atomic E-state index is 14.6. The standard InChI is InChI=1S/C39H64N8O19S/c1-17-13-47-32(33(17)56)37(60)41-12-21(51)10-23(40)34(57)42-29(18(2)50)38(61)46-14-22(52)11-24(46)35(58)43-30(27(55)8-19-4-5-25(53)28(9-19)66-67(63,64)65)36(59)44-31(39(47)62)26(54)6-7-45(3)20(15-48)16-49/h4-5,9,17-18,20-24,26-27,29-33,48-56,63-65H,6-8,10-16,40H2,1-3H3,(H,41,60)(H,42,57)(H,43,58)(H,44,59)/t17-,18+,21+,22+,23?,24-,26+,27+,29-,30-,31-,32-,33-/m0/s1. The Balaban J connectivity index is 1.85. The van der Waals surface area contributed by atoms with E-state index in [1.54, 1.807) is 0 Å². The van der Waals surface area contributed by atoms with Crippen molar-refractivity contribution in [2.24, 2.45) is 11.7 Å². The van der Waals surface area contributed by atoms with Crippen LogP contribution < -0.4 is 31.2 Å². The van der Waals surface area contributed by atoms with E-state index in [1.165, 1.54) is 24.9 Å². The Hall–Kier alpha value is -4.53. The van der Waals surface area contributed by atoms with Gasteiger partial charge in [-0.25, -0.2) is 0 Å². The zero-order chi connectivity index (χ0) is 50.2. The molecule has 380 valence electrons. The molecule has 1 unspecified atom stereocenters. The third kappa shape index (κ3) is 14.3. The van der Waals surface area contributed by atoms with E-state index >= 15 is 0 Å². The van der Waals surface area contributed by atoms with Gasteiger partial charge in [-0.1, -0.05) is 13.0 Å². The second-order valence-electron chi connectivity index (χ2n) is 17.2. The molecule has 6 amide bonds. The lowest BCUT2D eigenvalue weighted by Gasteiger charge is -2.34. The van der Waals surface area contributed by atoms with E-state index in [0.29, 0.717) is 0 Å². The Morgan fingerprint density at radius 2 is 1.43 bits per heavy atom. The molecule has 1 aromatic carbocycles. The van der Waals surface area contributed by atoms with Crippen molar-refractivity contribution in [3.63, 3.8) is 0 Å². The molecule has 0 saturated carbocycles. The van der Waals surface area contributed by atoms with Crippen LogP contribution in [0, 0.1) is 5.92 Å². The zero-order valence-electron chi connectivity index (χ0n) is 36.9. The monoisotopic (exact) mass is 980 g/mol. The van der Waals surface area contributed by atoms with Crippen LogP contribution in [0.4, 0.5) is 0 Å². The summed E-state index contributed by atoms with van der Waals surface area (Å²) in [6.45, 7) is 0.0436. The molecule has 28 heteroatoms. The summed E-state index contributed by atoms with van der Waals surface area (Å²) in [6.07, 6.45) is -12.1. The Kier molecular flexibility index (Phi) is 19.4. The number of carbonyl (C=O) groups is 6. The predicted molar refractivity (Wildman–Crippen MR) is 231 cm³/mol. The van der Waals surface area contributed by atoms with Crippen molar-refractivity contribution >= 4 is 46.6 Å². The van der Waals surface area contributed by atoms with Gasteiger partial charge >= 0.3 is 0 Å². The molecule has 13 atom stereocenters. The second kappa shape index (κ2) is 23.7. The van der Waals surface area contributed by atoms with Gasteiger partial charge < -0.3 is 86.9 Å². The van der Waals surface area contributed by atoms with Gasteiger partial charge in [0.25, 0.3) is 11.2 Å². The molecule has 1 aromatic rings. The fourth-order valence-corrected chi connectivity index (χ4v) is 8.45. The fourth-order valence-electron chi connectivity index (χ4n) is 8.07. The van der Waals surface area contributed by atoms with Crippen molar-refractivity contribution in [1.29, 1.82) is 0 Å². The summed E-state index contributed by atoms with van der Waals surface area (Å²) in [4.78, 5) is 87.5. The number of aliphatic hydroxyl groups excluding tert-OH is 8. The van der Waals surface area contributed by atoms with Crippen LogP contribution in [-0.2, 0) is 35.2 Å². The SMILES string of the molecule is C[C@@H](O)[C@@H]1NC(=O)C(N)C[C@@H](O)CNC(=O)[C@@H]2[C@@H](O)[C@@H](C)CN2C(=O)[C@H]([C@H](O)CCN(C)C(CO)CO)NC(=O)[C@H]([C@H](O)Cc2ccc(O)c(OS(O)(O)O)c2)NC(=O)[C@@H]2C[C@@H](O)CN2C1=O. The van der Waals surface area contributed by atoms with Crippen LogP contribution in [0.5, 0.6) is 11.5 Å². The van der Waals surface area contributed by atoms with Gasteiger partial charge in [0, 0.05) is 44.9 Å². The molecule has 0 aromatic heterocycles. The lowest BCUT2D eigenvalue weighted by Crippen LogP contribution is -2.64. The van der Waals surface area contributed by atoms with E-state index < -0.39 is 188 Å². The van der Waals surface area contributed by atoms with Crippen molar-refractivity contribution in [2.75, 3.05) is 46.4 Å². The minimum atomic E-state index is -4.69. The van der Waals surface area contributed by atoms with Crippen LogP contribution >= 0.6 is 11.2 Å². The summed E-state index contributed by atoms with van der Waals surface area (Å²) >= 11 is -4.69. The number of hydrogen-bond donors (Lipinski definition) is 17. The number of nitrogens with two attached hydrogens (primary N) is 1. The first-order valence-corrected chi connectivity index (χ1v) is 22.8. The van der Waals surface area contributed by atoms with E-state index in [-0.39, 0.29) is 25.1 Å². The van der Waals surface area contributed by atoms with E-state index in [0.717, 1.165) is 28.9 Å². The molecule has 0 bridgehead atoms. The third-order valence-electron chi connectivity index (χ3n) is 12.0. The first-order valence-electron chi connectivity index (χ1n) is 21.4.